The molecular weight excluding hydrogens is 174 g/mol. The molecular formula is C12H23NO. The van der Waals surface area contributed by atoms with Gasteiger partial charge in [0.2, 0.25) is 0 Å². The molecule has 14 heavy (non-hydrogen) atoms. The van der Waals surface area contributed by atoms with Crippen molar-refractivity contribution < 1.29 is 4.79 Å². The number of rotatable bonds is 4. The van der Waals surface area contributed by atoms with Crippen LogP contribution in [0.2, 0.25) is 0 Å². The molecule has 0 saturated heterocycles. The van der Waals surface area contributed by atoms with Gasteiger partial charge in [-0.15, -0.1) is 0 Å². The lowest BCUT2D eigenvalue weighted by molar-refractivity contribution is -0.121. The van der Waals surface area contributed by atoms with E-state index in [1.54, 1.807) is 0 Å². The van der Waals surface area contributed by atoms with Gasteiger partial charge >= 0.3 is 0 Å². The molecule has 0 spiro atoms. The zero-order chi connectivity index (χ0) is 10.6. The van der Waals surface area contributed by atoms with Gasteiger partial charge in [0.05, 0.1) is 0 Å². The number of nitrogens with zero attached hydrogens (tertiary/aromatic N) is 1. The van der Waals surface area contributed by atoms with E-state index in [4.69, 9.17) is 0 Å². The molecule has 0 aromatic carbocycles. The number of carbonyl (C=O) groups is 1. The van der Waals surface area contributed by atoms with Gasteiger partial charge in [-0.25, -0.2) is 0 Å². The summed E-state index contributed by atoms with van der Waals surface area (Å²) in [5, 5.41) is 0. The van der Waals surface area contributed by atoms with Crippen molar-refractivity contribution >= 4 is 5.78 Å². The first-order chi connectivity index (χ1) is 6.58. The van der Waals surface area contributed by atoms with Crippen molar-refractivity contribution in [2.24, 2.45) is 11.8 Å². The topological polar surface area (TPSA) is 20.3 Å². The van der Waals surface area contributed by atoms with Crippen LogP contribution in [-0.4, -0.2) is 30.8 Å². The second-order valence-electron chi connectivity index (χ2n) is 5.10. The lowest BCUT2D eigenvalue weighted by atomic mass is 9.88. The Bertz CT molecular complexity index is 179. The maximum absolute atomic E-state index is 11.1. The van der Waals surface area contributed by atoms with Gasteiger partial charge in [0.25, 0.3) is 0 Å². The average Bonchev–Trinajstić information content (AvgIpc) is 2.07. The lowest BCUT2D eigenvalue weighted by Crippen LogP contribution is -2.31. The zero-order valence-electron chi connectivity index (χ0n) is 9.75. The molecule has 0 bridgehead atoms. The maximum Gasteiger partial charge on any atom is 0.132 e. The van der Waals surface area contributed by atoms with Crippen LogP contribution in [-0.2, 0) is 4.79 Å². The second kappa shape index (κ2) is 5.50. The van der Waals surface area contributed by atoms with Crippen LogP contribution >= 0.6 is 0 Å². The summed E-state index contributed by atoms with van der Waals surface area (Å²) in [5.41, 5.74) is 0. The van der Waals surface area contributed by atoms with Gasteiger partial charge in [-0.05, 0) is 31.7 Å². The van der Waals surface area contributed by atoms with Crippen molar-refractivity contribution in [3.8, 4) is 0 Å². The van der Waals surface area contributed by atoms with Crippen molar-refractivity contribution in [3.63, 3.8) is 0 Å². The van der Waals surface area contributed by atoms with Crippen molar-refractivity contribution in [1.82, 2.24) is 4.90 Å². The summed E-state index contributed by atoms with van der Waals surface area (Å²) in [6.45, 7) is 6.84. The van der Waals surface area contributed by atoms with Crippen LogP contribution in [0.4, 0.5) is 0 Å². The molecule has 82 valence electrons. The summed E-state index contributed by atoms with van der Waals surface area (Å²) in [5.74, 6) is 1.97. The molecule has 0 radical (unpaired) electrons. The van der Waals surface area contributed by atoms with Crippen molar-refractivity contribution in [3.05, 3.63) is 0 Å². The monoisotopic (exact) mass is 197 g/mol. The third-order valence-corrected chi connectivity index (χ3v) is 2.91. The van der Waals surface area contributed by atoms with Crippen molar-refractivity contribution in [1.29, 1.82) is 0 Å². The third kappa shape index (κ3) is 4.23. The maximum atomic E-state index is 11.1. The van der Waals surface area contributed by atoms with Gasteiger partial charge < -0.3 is 4.90 Å². The molecule has 1 aliphatic rings. The minimum atomic E-state index is 0.466. The van der Waals surface area contributed by atoms with E-state index in [9.17, 15) is 4.79 Å². The third-order valence-electron chi connectivity index (χ3n) is 2.91. The number of ketones is 1. The van der Waals surface area contributed by atoms with Crippen LogP contribution in [0.1, 0.15) is 39.5 Å². The second-order valence-corrected chi connectivity index (χ2v) is 5.10. The Morgan fingerprint density at radius 3 is 2.43 bits per heavy atom. The smallest absolute Gasteiger partial charge is 0.132 e. The zero-order valence-corrected chi connectivity index (χ0v) is 9.75. The van der Waals surface area contributed by atoms with Gasteiger partial charge in [-0.3, -0.25) is 4.79 Å². The molecule has 0 amide bonds. The molecule has 0 aromatic heterocycles. The van der Waals surface area contributed by atoms with E-state index >= 15 is 0 Å². The molecule has 0 atom stereocenters. The molecule has 0 N–H and O–H groups in total. The molecule has 0 heterocycles. The highest BCUT2D eigenvalue weighted by Crippen LogP contribution is 2.22. The van der Waals surface area contributed by atoms with Gasteiger partial charge in [0.15, 0.2) is 0 Å². The average molecular weight is 197 g/mol. The SMILES string of the molecule is CC(C)CN(C)CC1CCC(=O)CC1. The van der Waals surface area contributed by atoms with Crippen LogP contribution in [0.25, 0.3) is 0 Å². The number of Topliss-reactive ketones (excluding diaryl/α,β-unsaturated/α-hetero) is 1. The highest BCUT2D eigenvalue weighted by Gasteiger charge is 2.19. The lowest BCUT2D eigenvalue weighted by Gasteiger charge is -2.27. The Labute approximate surface area is 87.7 Å². The largest absolute Gasteiger partial charge is 0.306 e. The highest BCUT2D eigenvalue weighted by atomic mass is 16.1. The fraction of sp³-hybridized carbons (Fsp3) is 0.917. The van der Waals surface area contributed by atoms with E-state index in [-0.39, 0.29) is 0 Å². The molecule has 1 saturated carbocycles. The van der Waals surface area contributed by atoms with Gasteiger partial charge in [0.1, 0.15) is 5.78 Å². The molecule has 0 aromatic rings. The Kier molecular flexibility index (Phi) is 4.59. The summed E-state index contributed by atoms with van der Waals surface area (Å²) < 4.78 is 0. The van der Waals surface area contributed by atoms with E-state index in [0.717, 1.165) is 37.5 Å². The van der Waals surface area contributed by atoms with Crippen molar-refractivity contribution in [2.75, 3.05) is 20.1 Å². The van der Waals surface area contributed by atoms with Crippen LogP contribution < -0.4 is 0 Å². The standard InChI is InChI=1S/C12H23NO/c1-10(2)8-13(3)9-11-4-6-12(14)7-5-11/h10-11H,4-9H2,1-3H3. The van der Waals surface area contributed by atoms with E-state index in [0.29, 0.717) is 5.78 Å². The molecule has 1 fully saturated rings. The van der Waals surface area contributed by atoms with E-state index < -0.39 is 0 Å². The fourth-order valence-electron chi connectivity index (χ4n) is 2.32. The summed E-state index contributed by atoms with van der Waals surface area (Å²) in [6.07, 6.45) is 3.86. The quantitative estimate of drug-likeness (QED) is 0.689. The van der Waals surface area contributed by atoms with Crippen LogP contribution in [0.3, 0.4) is 0 Å². The van der Waals surface area contributed by atoms with Crippen molar-refractivity contribution in [2.45, 2.75) is 39.5 Å². The van der Waals surface area contributed by atoms with Crippen LogP contribution in [0.5, 0.6) is 0 Å². The Hall–Kier alpha value is -0.370. The molecule has 0 unspecified atom stereocenters. The Morgan fingerprint density at radius 1 is 1.36 bits per heavy atom. The van der Waals surface area contributed by atoms with E-state index in [1.807, 2.05) is 0 Å². The van der Waals surface area contributed by atoms with Gasteiger partial charge in [0, 0.05) is 25.9 Å². The summed E-state index contributed by atoms with van der Waals surface area (Å²) in [4.78, 5) is 13.5. The normalized spacial score (nSPS) is 19.6. The van der Waals surface area contributed by atoms with E-state index in [1.165, 1.54) is 13.1 Å². The first kappa shape index (κ1) is 11.7. The van der Waals surface area contributed by atoms with E-state index in [2.05, 4.69) is 25.8 Å². The first-order valence-corrected chi connectivity index (χ1v) is 5.78. The molecule has 2 heteroatoms. The number of carbonyl (C=O) groups excluding carboxylic acids is 1. The summed E-state index contributed by atoms with van der Waals surface area (Å²) in [6, 6.07) is 0. The fourth-order valence-corrected chi connectivity index (χ4v) is 2.32. The molecule has 0 aliphatic heterocycles. The summed E-state index contributed by atoms with van der Waals surface area (Å²) in [7, 11) is 2.19. The van der Waals surface area contributed by atoms with Gasteiger partial charge in [-0.1, -0.05) is 13.8 Å². The number of hydrogen-bond donors (Lipinski definition) is 0. The number of hydrogen-bond acceptors (Lipinski definition) is 2. The minimum absolute atomic E-state index is 0.466. The molecule has 1 rings (SSSR count). The minimum Gasteiger partial charge on any atom is -0.306 e. The van der Waals surface area contributed by atoms with Crippen LogP contribution in [0.15, 0.2) is 0 Å². The Balaban J connectivity index is 2.20. The summed E-state index contributed by atoms with van der Waals surface area (Å²) >= 11 is 0. The molecule has 1 aliphatic carbocycles. The molecule has 2 nitrogen and oxygen atoms in total. The van der Waals surface area contributed by atoms with Gasteiger partial charge in [-0.2, -0.15) is 0 Å². The highest BCUT2D eigenvalue weighted by molar-refractivity contribution is 5.79. The predicted octanol–water partition coefficient (Wildman–Crippen LogP) is 2.33. The van der Waals surface area contributed by atoms with Crippen LogP contribution in [0, 0.1) is 11.8 Å². The predicted molar refractivity (Wildman–Crippen MR) is 59.3 cm³/mol. The Morgan fingerprint density at radius 2 is 1.93 bits per heavy atom. The first-order valence-electron chi connectivity index (χ1n) is 5.78.